The SMILES string of the molecule is C=CCC=CC=C(C)CC(=C)N(C)C. The first kappa shape index (κ1) is 12.8. The van der Waals surface area contributed by atoms with Crippen LogP contribution in [0.1, 0.15) is 19.8 Å². The molecule has 0 radical (unpaired) electrons. The Morgan fingerprint density at radius 1 is 1.36 bits per heavy atom. The second kappa shape index (κ2) is 7.19. The predicted molar refractivity (Wildman–Crippen MR) is 65.2 cm³/mol. The van der Waals surface area contributed by atoms with Crippen LogP contribution >= 0.6 is 0 Å². The van der Waals surface area contributed by atoms with Gasteiger partial charge in [0.15, 0.2) is 0 Å². The summed E-state index contributed by atoms with van der Waals surface area (Å²) in [5.74, 6) is 0. The minimum absolute atomic E-state index is 0.929. The molecule has 0 aromatic carbocycles. The third-order valence-corrected chi connectivity index (χ3v) is 1.93. The zero-order valence-corrected chi connectivity index (χ0v) is 9.59. The lowest BCUT2D eigenvalue weighted by Crippen LogP contribution is -2.09. The lowest BCUT2D eigenvalue weighted by molar-refractivity contribution is 0.500. The second-order valence-corrected chi connectivity index (χ2v) is 3.60. The number of nitrogens with zero attached hydrogens (tertiary/aromatic N) is 1. The van der Waals surface area contributed by atoms with Crippen molar-refractivity contribution in [3.8, 4) is 0 Å². The lowest BCUT2D eigenvalue weighted by Gasteiger charge is -2.15. The van der Waals surface area contributed by atoms with Crippen LogP contribution < -0.4 is 0 Å². The van der Waals surface area contributed by atoms with Crippen LogP contribution in [0.5, 0.6) is 0 Å². The van der Waals surface area contributed by atoms with Gasteiger partial charge in [-0.25, -0.2) is 0 Å². The molecule has 0 N–H and O–H groups in total. The molecule has 0 bridgehead atoms. The molecule has 0 rings (SSSR count). The third-order valence-electron chi connectivity index (χ3n) is 1.93. The van der Waals surface area contributed by atoms with E-state index in [2.05, 4.69) is 38.3 Å². The van der Waals surface area contributed by atoms with Crippen molar-refractivity contribution in [2.75, 3.05) is 14.1 Å². The molecule has 0 aliphatic heterocycles. The van der Waals surface area contributed by atoms with Gasteiger partial charge in [0.1, 0.15) is 0 Å². The van der Waals surface area contributed by atoms with Crippen molar-refractivity contribution < 1.29 is 0 Å². The van der Waals surface area contributed by atoms with Gasteiger partial charge in [-0.2, -0.15) is 0 Å². The van der Waals surface area contributed by atoms with Crippen LogP contribution in [0.25, 0.3) is 0 Å². The van der Waals surface area contributed by atoms with E-state index in [0.717, 1.165) is 18.5 Å². The van der Waals surface area contributed by atoms with Crippen molar-refractivity contribution in [2.24, 2.45) is 0 Å². The van der Waals surface area contributed by atoms with Crippen molar-refractivity contribution in [2.45, 2.75) is 19.8 Å². The van der Waals surface area contributed by atoms with Gasteiger partial charge in [0.2, 0.25) is 0 Å². The Kier molecular flexibility index (Phi) is 6.55. The maximum Gasteiger partial charge on any atom is 0.00956 e. The Morgan fingerprint density at radius 3 is 2.50 bits per heavy atom. The molecule has 0 saturated heterocycles. The zero-order valence-electron chi connectivity index (χ0n) is 9.59. The first-order valence-electron chi connectivity index (χ1n) is 4.86. The molecule has 0 fully saturated rings. The monoisotopic (exact) mass is 191 g/mol. The van der Waals surface area contributed by atoms with E-state index < -0.39 is 0 Å². The molecule has 1 heteroatoms. The summed E-state index contributed by atoms with van der Waals surface area (Å²) in [7, 11) is 4.03. The average Bonchev–Trinajstić information content (AvgIpc) is 2.12. The van der Waals surface area contributed by atoms with Gasteiger partial charge >= 0.3 is 0 Å². The number of hydrogen-bond acceptors (Lipinski definition) is 1. The van der Waals surface area contributed by atoms with Gasteiger partial charge in [0.05, 0.1) is 0 Å². The number of allylic oxidation sites excluding steroid dienone is 5. The van der Waals surface area contributed by atoms with Crippen LogP contribution in [0.3, 0.4) is 0 Å². The van der Waals surface area contributed by atoms with Gasteiger partial charge in [-0.3, -0.25) is 0 Å². The molecule has 0 aliphatic rings. The summed E-state index contributed by atoms with van der Waals surface area (Å²) < 4.78 is 0. The van der Waals surface area contributed by atoms with Gasteiger partial charge in [0.25, 0.3) is 0 Å². The van der Waals surface area contributed by atoms with Crippen molar-refractivity contribution in [3.63, 3.8) is 0 Å². The predicted octanol–water partition coefficient (Wildman–Crippen LogP) is 3.53. The number of hydrogen-bond donors (Lipinski definition) is 0. The van der Waals surface area contributed by atoms with E-state index in [-0.39, 0.29) is 0 Å². The third kappa shape index (κ3) is 6.30. The molecule has 0 aromatic heterocycles. The fraction of sp³-hybridized carbons (Fsp3) is 0.385. The maximum atomic E-state index is 3.98. The van der Waals surface area contributed by atoms with Gasteiger partial charge in [0, 0.05) is 26.2 Å². The highest BCUT2D eigenvalue weighted by atomic mass is 15.1. The van der Waals surface area contributed by atoms with Crippen LogP contribution in [0, 0.1) is 0 Å². The summed E-state index contributed by atoms with van der Waals surface area (Å²) in [6.07, 6.45) is 10.0. The van der Waals surface area contributed by atoms with Gasteiger partial charge in [-0.1, -0.05) is 36.5 Å². The van der Waals surface area contributed by atoms with Crippen LogP contribution in [-0.2, 0) is 0 Å². The van der Waals surface area contributed by atoms with Gasteiger partial charge < -0.3 is 4.90 Å². The minimum atomic E-state index is 0.929. The van der Waals surface area contributed by atoms with Crippen LogP contribution in [-0.4, -0.2) is 19.0 Å². The molecule has 0 aromatic rings. The summed E-state index contributed by atoms with van der Waals surface area (Å²) in [5, 5.41) is 0. The Hall–Kier alpha value is -1.24. The molecule has 0 unspecified atom stereocenters. The first-order chi connectivity index (χ1) is 6.57. The highest BCUT2D eigenvalue weighted by Gasteiger charge is 1.96. The summed E-state index contributed by atoms with van der Waals surface area (Å²) >= 11 is 0. The van der Waals surface area contributed by atoms with E-state index in [1.165, 1.54) is 5.57 Å². The summed E-state index contributed by atoms with van der Waals surface area (Å²) in [6.45, 7) is 9.76. The highest BCUT2D eigenvalue weighted by Crippen LogP contribution is 2.10. The Balaban J connectivity index is 4.00. The van der Waals surface area contributed by atoms with Crippen LogP contribution in [0.4, 0.5) is 0 Å². The van der Waals surface area contributed by atoms with Crippen molar-refractivity contribution in [1.82, 2.24) is 4.90 Å². The fourth-order valence-electron chi connectivity index (χ4n) is 0.946. The van der Waals surface area contributed by atoms with E-state index in [0.29, 0.717) is 0 Å². The zero-order chi connectivity index (χ0) is 11.0. The summed E-state index contributed by atoms with van der Waals surface area (Å²) in [6, 6.07) is 0. The fourth-order valence-corrected chi connectivity index (χ4v) is 0.946. The van der Waals surface area contributed by atoms with Gasteiger partial charge in [-0.05, 0) is 13.3 Å². The molecule has 0 amide bonds. The molecular weight excluding hydrogens is 170 g/mol. The molecule has 1 nitrogen and oxygen atoms in total. The largest absolute Gasteiger partial charge is 0.381 e. The highest BCUT2D eigenvalue weighted by molar-refractivity contribution is 5.16. The molecule has 0 heterocycles. The van der Waals surface area contributed by atoms with Crippen LogP contribution in [0.2, 0.25) is 0 Å². The molecule has 0 saturated carbocycles. The summed E-state index contributed by atoms with van der Waals surface area (Å²) in [5.41, 5.74) is 2.46. The topological polar surface area (TPSA) is 3.24 Å². The smallest absolute Gasteiger partial charge is 0.00956 e. The van der Waals surface area contributed by atoms with E-state index in [1.54, 1.807) is 0 Å². The van der Waals surface area contributed by atoms with Crippen molar-refractivity contribution in [1.29, 1.82) is 0 Å². The molecule has 0 spiro atoms. The van der Waals surface area contributed by atoms with E-state index in [1.807, 2.05) is 25.1 Å². The summed E-state index contributed by atoms with van der Waals surface area (Å²) in [4.78, 5) is 2.05. The van der Waals surface area contributed by atoms with Crippen molar-refractivity contribution >= 4 is 0 Å². The normalized spacial score (nSPS) is 11.8. The minimum Gasteiger partial charge on any atom is -0.381 e. The second-order valence-electron chi connectivity index (χ2n) is 3.60. The molecule has 0 atom stereocenters. The Morgan fingerprint density at radius 2 is 2.00 bits per heavy atom. The number of rotatable bonds is 6. The Labute approximate surface area is 88.1 Å². The molecule has 14 heavy (non-hydrogen) atoms. The Bertz CT molecular complexity index is 244. The van der Waals surface area contributed by atoms with Crippen molar-refractivity contribution in [3.05, 3.63) is 48.7 Å². The van der Waals surface area contributed by atoms with Gasteiger partial charge in [-0.15, -0.1) is 6.58 Å². The molecule has 78 valence electrons. The molecular formula is C13H21N. The van der Waals surface area contributed by atoms with E-state index in [4.69, 9.17) is 0 Å². The quantitative estimate of drug-likeness (QED) is 0.458. The standard InChI is InChI=1S/C13H21N/c1-6-7-8-9-10-12(2)11-13(3)14(4)5/h6,8-10H,1,3,7,11H2,2,4-5H3. The maximum absolute atomic E-state index is 3.98. The average molecular weight is 191 g/mol. The van der Waals surface area contributed by atoms with E-state index >= 15 is 0 Å². The van der Waals surface area contributed by atoms with E-state index in [9.17, 15) is 0 Å². The first-order valence-corrected chi connectivity index (χ1v) is 4.86. The molecule has 0 aliphatic carbocycles. The van der Waals surface area contributed by atoms with Crippen LogP contribution in [0.15, 0.2) is 48.7 Å². The lowest BCUT2D eigenvalue weighted by atomic mass is 10.1.